The normalized spacial score (nSPS) is 10.3. The van der Waals surface area contributed by atoms with E-state index in [2.05, 4.69) is 20.7 Å². The zero-order chi connectivity index (χ0) is 16.6. The molecule has 0 radical (unpaired) electrons. The highest BCUT2D eigenvalue weighted by Gasteiger charge is 2.04. The fourth-order valence-electron chi connectivity index (χ4n) is 2.26. The van der Waals surface area contributed by atoms with E-state index in [4.69, 9.17) is 0 Å². The summed E-state index contributed by atoms with van der Waals surface area (Å²) >= 11 is 0. The van der Waals surface area contributed by atoms with Crippen LogP contribution in [0.4, 0.5) is 4.79 Å². The number of pyridine rings is 1. The molecule has 2 N–H and O–H groups in total. The molecule has 0 unspecified atom stereocenters. The molecule has 122 valence electrons. The summed E-state index contributed by atoms with van der Waals surface area (Å²) in [6.45, 7) is 1.62. The summed E-state index contributed by atoms with van der Waals surface area (Å²) in [5, 5.41) is 10.1. The molecule has 2 heterocycles. The molecule has 0 saturated carbocycles. The third kappa shape index (κ3) is 4.42. The lowest BCUT2D eigenvalue weighted by Crippen LogP contribution is -2.36. The van der Waals surface area contributed by atoms with Crippen LogP contribution in [-0.4, -0.2) is 27.3 Å². The van der Waals surface area contributed by atoms with Gasteiger partial charge in [-0.1, -0.05) is 36.4 Å². The van der Waals surface area contributed by atoms with E-state index in [-0.39, 0.29) is 6.03 Å². The molecule has 1 aromatic carbocycles. The number of carbonyl (C=O) groups is 1. The average Bonchev–Trinajstić information content (AvgIpc) is 3.11. The number of nitrogens with one attached hydrogen (secondary N) is 2. The van der Waals surface area contributed by atoms with E-state index in [0.717, 1.165) is 17.0 Å². The van der Waals surface area contributed by atoms with E-state index >= 15 is 0 Å². The maximum Gasteiger partial charge on any atom is 0.315 e. The van der Waals surface area contributed by atoms with Gasteiger partial charge in [-0.15, -0.1) is 0 Å². The first kappa shape index (κ1) is 15.7. The van der Waals surface area contributed by atoms with Crippen molar-refractivity contribution in [3.63, 3.8) is 0 Å². The van der Waals surface area contributed by atoms with Crippen LogP contribution in [0.2, 0.25) is 0 Å². The van der Waals surface area contributed by atoms with Crippen LogP contribution >= 0.6 is 0 Å². The second-order valence-corrected chi connectivity index (χ2v) is 5.27. The number of carbonyl (C=O) groups excluding carboxylic acids is 1. The first-order chi connectivity index (χ1) is 11.8. The molecule has 0 fully saturated rings. The highest BCUT2D eigenvalue weighted by Crippen LogP contribution is 2.12. The number of aromatic nitrogens is 3. The topological polar surface area (TPSA) is 71.8 Å². The van der Waals surface area contributed by atoms with Gasteiger partial charge in [-0.05, 0) is 23.8 Å². The van der Waals surface area contributed by atoms with Gasteiger partial charge in [0, 0.05) is 25.5 Å². The molecular weight excluding hydrogens is 302 g/mol. The summed E-state index contributed by atoms with van der Waals surface area (Å²) in [5.74, 6) is 0. The van der Waals surface area contributed by atoms with Crippen molar-refractivity contribution in [1.29, 1.82) is 0 Å². The number of hydrogen-bond donors (Lipinski definition) is 2. The molecule has 3 aromatic rings. The average molecular weight is 321 g/mol. The lowest BCUT2D eigenvalue weighted by molar-refractivity contribution is 0.240. The van der Waals surface area contributed by atoms with Gasteiger partial charge < -0.3 is 10.6 Å². The van der Waals surface area contributed by atoms with Crippen LogP contribution in [-0.2, 0) is 13.1 Å². The Labute approximate surface area is 140 Å². The zero-order valence-corrected chi connectivity index (χ0v) is 13.2. The van der Waals surface area contributed by atoms with Crippen molar-refractivity contribution in [3.8, 4) is 11.4 Å². The Balaban J connectivity index is 1.42. The maximum atomic E-state index is 11.8. The van der Waals surface area contributed by atoms with Gasteiger partial charge in [0.2, 0.25) is 0 Å². The minimum atomic E-state index is -0.184. The van der Waals surface area contributed by atoms with E-state index in [0.29, 0.717) is 19.6 Å². The standard InChI is InChI=1S/C18H19N5O/c24-18(21-14-15-6-2-1-3-7-15)20-11-13-23-12-9-17(22-23)16-8-4-5-10-19-16/h1-10,12H,11,13-14H2,(H2,20,21,24). The Morgan fingerprint density at radius 2 is 1.79 bits per heavy atom. The number of hydrogen-bond acceptors (Lipinski definition) is 3. The maximum absolute atomic E-state index is 11.8. The Hall–Kier alpha value is -3.15. The van der Waals surface area contributed by atoms with E-state index < -0.39 is 0 Å². The number of benzene rings is 1. The molecule has 0 atom stereocenters. The predicted molar refractivity (Wildman–Crippen MR) is 92.1 cm³/mol. The van der Waals surface area contributed by atoms with Crippen LogP contribution in [0, 0.1) is 0 Å². The van der Waals surface area contributed by atoms with E-state index in [1.54, 1.807) is 10.9 Å². The SMILES string of the molecule is O=C(NCCn1ccc(-c2ccccn2)n1)NCc1ccccc1. The lowest BCUT2D eigenvalue weighted by atomic mass is 10.2. The summed E-state index contributed by atoms with van der Waals surface area (Å²) in [5.41, 5.74) is 2.73. The van der Waals surface area contributed by atoms with Crippen LogP contribution in [0.1, 0.15) is 5.56 Å². The molecule has 6 heteroatoms. The van der Waals surface area contributed by atoms with Gasteiger partial charge in [0.1, 0.15) is 5.69 Å². The Morgan fingerprint density at radius 3 is 2.58 bits per heavy atom. The minimum absolute atomic E-state index is 0.184. The monoisotopic (exact) mass is 321 g/mol. The molecule has 0 aliphatic rings. The van der Waals surface area contributed by atoms with Crippen LogP contribution in [0.25, 0.3) is 11.4 Å². The number of amides is 2. The van der Waals surface area contributed by atoms with Crippen molar-refractivity contribution in [2.75, 3.05) is 6.54 Å². The second kappa shape index (κ2) is 7.92. The molecule has 0 aliphatic carbocycles. The van der Waals surface area contributed by atoms with Crippen molar-refractivity contribution >= 4 is 6.03 Å². The molecule has 24 heavy (non-hydrogen) atoms. The predicted octanol–water partition coefficient (Wildman–Crippen LogP) is 2.44. The summed E-state index contributed by atoms with van der Waals surface area (Å²) in [6, 6.07) is 17.3. The summed E-state index contributed by atoms with van der Waals surface area (Å²) in [4.78, 5) is 16.0. The third-order valence-electron chi connectivity index (χ3n) is 3.49. The first-order valence-corrected chi connectivity index (χ1v) is 7.82. The van der Waals surface area contributed by atoms with Gasteiger partial charge in [0.05, 0.1) is 12.2 Å². The van der Waals surface area contributed by atoms with Gasteiger partial charge in [-0.2, -0.15) is 5.10 Å². The molecule has 0 saturated heterocycles. The van der Waals surface area contributed by atoms with E-state index in [9.17, 15) is 4.79 Å². The molecule has 3 rings (SSSR count). The summed E-state index contributed by atoms with van der Waals surface area (Å²) in [6.07, 6.45) is 3.63. The van der Waals surface area contributed by atoms with E-state index in [1.165, 1.54) is 0 Å². The molecule has 2 aromatic heterocycles. The number of nitrogens with zero attached hydrogens (tertiary/aromatic N) is 3. The van der Waals surface area contributed by atoms with Gasteiger partial charge in [-0.25, -0.2) is 4.79 Å². The summed E-state index contributed by atoms with van der Waals surface area (Å²) in [7, 11) is 0. The molecule has 6 nitrogen and oxygen atoms in total. The molecule has 2 amide bonds. The van der Waals surface area contributed by atoms with Crippen molar-refractivity contribution in [3.05, 3.63) is 72.6 Å². The molecule has 0 spiro atoms. The number of rotatable bonds is 6. The Kier molecular flexibility index (Phi) is 5.19. The van der Waals surface area contributed by atoms with Gasteiger partial charge >= 0.3 is 6.03 Å². The van der Waals surface area contributed by atoms with Gasteiger partial charge in [-0.3, -0.25) is 9.67 Å². The second-order valence-electron chi connectivity index (χ2n) is 5.27. The van der Waals surface area contributed by atoms with Crippen molar-refractivity contribution < 1.29 is 4.79 Å². The van der Waals surface area contributed by atoms with Crippen LogP contribution in [0.3, 0.4) is 0 Å². The van der Waals surface area contributed by atoms with Crippen LogP contribution < -0.4 is 10.6 Å². The quantitative estimate of drug-likeness (QED) is 0.732. The van der Waals surface area contributed by atoms with Crippen LogP contribution in [0.5, 0.6) is 0 Å². The van der Waals surface area contributed by atoms with E-state index in [1.807, 2.05) is 60.8 Å². The van der Waals surface area contributed by atoms with Crippen molar-refractivity contribution in [1.82, 2.24) is 25.4 Å². The van der Waals surface area contributed by atoms with Gasteiger partial charge in [0.15, 0.2) is 0 Å². The van der Waals surface area contributed by atoms with Crippen molar-refractivity contribution in [2.24, 2.45) is 0 Å². The summed E-state index contributed by atoms with van der Waals surface area (Å²) < 4.78 is 1.79. The van der Waals surface area contributed by atoms with Crippen molar-refractivity contribution in [2.45, 2.75) is 13.1 Å². The smallest absolute Gasteiger partial charge is 0.315 e. The molecular formula is C18H19N5O. The first-order valence-electron chi connectivity index (χ1n) is 7.82. The Morgan fingerprint density at radius 1 is 0.958 bits per heavy atom. The molecule has 0 bridgehead atoms. The highest BCUT2D eigenvalue weighted by molar-refractivity contribution is 5.73. The third-order valence-corrected chi connectivity index (χ3v) is 3.49. The molecule has 0 aliphatic heterocycles. The zero-order valence-electron chi connectivity index (χ0n) is 13.2. The highest BCUT2D eigenvalue weighted by atomic mass is 16.2. The minimum Gasteiger partial charge on any atom is -0.336 e. The van der Waals surface area contributed by atoms with Gasteiger partial charge in [0.25, 0.3) is 0 Å². The fourth-order valence-corrected chi connectivity index (χ4v) is 2.26. The largest absolute Gasteiger partial charge is 0.336 e. The van der Waals surface area contributed by atoms with Crippen LogP contribution in [0.15, 0.2) is 67.0 Å². The Bertz CT molecular complexity index is 770. The lowest BCUT2D eigenvalue weighted by Gasteiger charge is -2.07. The fraction of sp³-hybridized carbons (Fsp3) is 0.167. The number of urea groups is 1.